The molecule has 0 radical (unpaired) electrons. The Balaban J connectivity index is 2.12. The quantitative estimate of drug-likeness (QED) is 0.367. The number of rotatable bonds is 5. The van der Waals surface area contributed by atoms with E-state index in [0.29, 0.717) is 17.1 Å². The lowest BCUT2D eigenvalue weighted by Gasteiger charge is -2.02. The molecule has 0 aliphatic rings. The van der Waals surface area contributed by atoms with E-state index in [1.54, 1.807) is 36.4 Å². The Morgan fingerprint density at radius 1 is 1.48 bits per heavy atom. The maximum absolute atomic E-state index is 8.92. The van der Waals surface area contributed by atoms with Crippen LogP contribution < -0.4 is 11.2 Å². The van der Waals surface area contributed by atoms with Crippen molar-refractivity contribution in [3.8, 4) is 17.3 Å². The van der Waals surface area contributed by atoms with E-state index >= 15 is 0 Å². The van der Waals surface area contributed by atoms with Crippen LogP contribution in [-0.4, -0.2) is 21.8 Å². The van der Waals surface area contributed by atoms with Crippen LogP contribution in [0.1, 0.15) is 5.76 Å². The first-order valence-corrected chi connectivity index (χ1v) is 5.89. The number of aliphatic hydroxyl groups excluding tert-OH is 1. The first kappa shape index (κ1) is 14.2. The van der Waals surface area contributed by atoms with E-state index in [1.165, 1.54) is 0 Å². The number of nitrogens with two attached hydrogens (primary N) is 1. The second kappa shape index (κ2) is 6.31. The molecule has 0 saturated carbocycles. The fourth-order valence-electron chi connectivity index (χ4n) is 1.50. The van der Waals surface area contributed by atoms with E-state index in [0.717, 1.165) is 5.56 Å². The lowest BCUT2D eigenvalue weighted by molar-refractivity contribution is 0.229. The fourth-order valence-corrected chi connectivity index (χ4v) is 1.50. The number of hydrogen-bond acceptors (Lipinski definition) is 7. The predicted octanol–water partition coefficient (Wildman–Crippen LogP) is 1.06. The molecular formula is C13H12N6O2. The number of aliphatic hydroxyl groups is 1. The van der Waals surface area contributed by atoms with Crippen molar-refractivity contribution in [3.63, 3.8) is 0 Å². The number of hydrazone groups is 1. The van der Waals surface area contributed by atoms with E-state index in [4.69, 9.17) is 26.0 Å². The van der Waals surface area contributed by atoms with Gasteiger partial charge in [0.05, 0.1) is 5.69 Å². The molecule has 0 saturated heterocycles. The minimum Gasteiger partial charge on any atom is -0.388 e. The topological polar surface area (TPSA) is 144 Å². The number of nitriles is 1. The minimum atomic E-state index is -0.402. The first-order chi connectivity index (χ1) is 10.1. The first-order valence-electron chi connectivity index (χ1n) is 5.89. The maximum Gasteiger partial charge on any atom is 0.201 e. The van der Waals surface area contributed by atoms with Gasteiger partial charge in [0.2, 0.25) is 5.71 Å². The number of hydrogen-bond donors (Lipinski definition) is 4. The number of aromatic nitrogens is 1. The zero-order chi connectivity index (χ0) is 15.2. The highest BCUT2D eigenvalue weighted by Crippen LogP contribution is 2.21. The second-order valence-corrected chi connectivity index (χ2v) is 4.01. The molecule has 1 heterocycles. The maximum atomic E-state index is 8.92. The van der Waals surface area contributed by atoms with Gasteiger partial charge in [-0.25, -0.2) is 0 Å². The number of benzene rings is 1. The molecular weight excluding hydrogens is 272 g/mol. The molecule has 21 heavy (non-hydrogen) atoms. The third-order valence-electron chi connectivity index (χ3n) is 2.55. The van der Waals surface area contributed by atoms with Crippen LogP contribution in [0.3, 0.4) is 0 Å². The van der Waals surface area contributed by atoms with Crippen LogP contribution in [-0.2, 0) is 6.61 Å². The van der Waals surface area contributed by atoms with Crippen molar-refractivity contribution in [3.05, 3.63) is 36.1 Å². The van der Waals surface area contributed by atoms with Crippen LogP contribution in [0, 0.1) is 16.7 Å². The lowest BCUT2D eigenvalue weighted by Crippen LogP contribution is -2.21. The molecule has 0 fully saturated rings. The molecule has 8 nitrogen and oxygen atoms in total. The third-order valence-corrected chi connectivity index (χ3v) is 2.55. The monoisotopic (exact) mass is 284 g/mol. The van der Waals surface area contributed by atoms with Crippen LogP contribution in [0.4, 0.5) is 5.69 Å². The summed E-state index contributed by atoms with van der Waals surface area (Å²) in [4.78, 5) is 0. The summed E-state index contributed by atoms with van der Waals surface area (Å²) < 4.78 is 4.91. The molecule has 0 spiro atoms. The van der Waals surface area contributed by atoms with Gasteiger partial charge in [0, 0.05) is 11.6 Å². The van der Waals surface area contributed by atoms with Crippen LogP contribution in [0.5, 0.6) is 0 Å². The highest BCUT2D eigenvalue weighted by molar-refractivity contribution is 6.45. The molecule has 0 atom stereocenters. The van der Waals surface area contributed by atoms with Crippen molar-refractivity contribution in [2.75, 3.05) is 5.43 Å². The molecule has 2 rings (SSSR count). The van der Waals surface area contributed by atoms with Gasteiger partial charge in [-0.3, -0.25) is 10.8 Å². The molecule has 0 bridgehead atoms. The number of anilines is 1. The van der Waals surface area contributed by atoms with Crippen molar-refractivity contribution in [1.29, 1.82) is 10.7 Å². The average Bonchev–Trinajstić information content (AvgIpc) is 2.97. The van der Waals surface area contributed by atoms with Gasteiger partial charge in [-0.15, -0.1) is 0 Å². The molecule has 106 valence electrons. The summed E-state index contributed by atoms with van der Waals surface area (Å²) in [6, 6.07) is 10.3. The Hall–Kier alpha value is -3.18. The summed E-state index contributed by atoms with van der Waals surface area (Å²) in [6.45, 7) is -0.205. The van der Waals surface area contributed by atoms with Crippen molar-refractivity contribution in [1.82, 2.24) is 5.16 Å². The normalized spacial score (nSPS) is 11.0. The Kier molecular flexibility index (Phi) is 4.28. The summed E-state index contributed by atoms with van der Waals surface area (Å²) in [5.74, 6) is -0.0160. The third kappa shape index (κ3) is 3.43. The standard InChI is InChI=1S/C13H12N6O2/c14-6-12(13(15)16)18-17-9-3-1-8(2-4-9)11-5-10(7-20)21-19-11/h1-5,17,20H,7H2,(H3,15,16)/b18-12+. The predicted molar refractivity (Wildman–Crippen MR) is 76.4 cm³/mol. The van der Waals surface area contributed by atoms with E-state index in [9.17, 15) is 0 Å². The van der Waals surface area contributed by atoms with Gasteiger partial charge in [-0.2, -0.15) is 10.4 Å². The van der Waals surface area contributed by atoms with Gasteiger partial charge >= 0.3 is 0 Å². The molecule has 0 aliphatic carbocycles. The molecule has 0 unspecified atom stereocenters. The summed E-state index contributed by atoms with van der Waals surface area (Å²) in [7, 11) is 0. The van der Waals surface area contributed by atoms with E-state index in [-0.39, 0.29) is 12.3 Å². The van der Waals surface area contributed by atoms with Gasteiger partial charge in [-0.05, 0) is 12.1 Å². The van der Waals surface area contributed by atoms with Gasteiger partial charge in [-0.1, -0.05) is 17.3 Å². The molecule has 2 aromatic rings. The van der Waals surface area contributed by atoms with E-state index in [2.05, 4.69) is 15.7 Å². The summed E-state index contributed by atoms with van der Waals surface area (Å²) in [5, 5.41) is 32.3. The fraction of sp³-hybridized carbons (Fsp3) is 0.0769. The Morgan fingerprint density at radius 3 is 2.71 bits per heavy atom. The zero-order valence-corrected chi connectivity index (χ0v) is 10.9. The van der Waals surface area contributed by atoms with E-state index in [1.807, 2.05) is 0 Å². The second-order valence-electron chi connectivity index (χ2n) is 4.01. The molecule has 5 N–H and O–H groups in total. The van der Waals surface area contributed by atoms with Crippen molar-refractivity contribution >= 4 is 17.2 Å². The van der Waals surface area contributed by atoms with Crippen LogP contribution in [0.2, 0.25) is 0 Å². The summed E-state index contributed by atoms with van der Waals surface area (Å²) in [6.07, 6.45) is 0. The smallest absolute Gasteiger partial charge is 0.201 e. The Bertz CT molecular complexity index is 711. The van der Waals surface area contributed by atoms with Gasteiger partial charge < -0.3 is 15.4 Å². The molecule has 8 heteroatoms. The SMILES string of the molecule is N#C/C(=N\Nc1ccc(-c2cc(CO)on2)cc1)C(=N)N. The molecule has 1 aromatic carbocycles. The van der Waals surface area contributed by atoms with Crippen molar-refractivity contribution < 1.29 is 9.63 Å². The highest BCUT2D eigenvalue weighted by atomic mass is 16.5. The average molecular weight is 284 g/mol. The van der Waals surface area contributed by atoms with Gasteiger partial charge in [0.25, 0.3) is 0 Å². The summed E-state index contributed by atoms with van der Waals surface area (Å²) in [5.41, 5.74) is 9.66. The number of nitrogens with one attached hydrogen (secondary N) is 2. The highest BCUT2D eigenvalue weighted by Gasteiger charge is 2.06. The Morgan fingerprint density at radius 2 is 2.19 bits per heavy atom. The van der Waals surface area contributed by atoms with Gasteiger partial charge in [0.1, 0.15) is 18.4 Å². The molecule has 0 aliphatic heterocycles. The number of nitrogens with zero attached hydrogens (tertiary/aromatic N) is 3. The van der Waals surface area contributed by atoms with Crippen molar-refractivity contribution in [2.24, 2.45) is 10.8 Å². The number of amidine groups is 1. The molecule has 1 aromatic heterocycles. The van der Waals surface area contributed by atoms with Crippen LogP contribution in [0.25, 0.3) is 11.3 Å². The van der Waals surface area contributed by atoms with Crippen LogP contribution in [0.15, 0.2) is 40.0 Å². The van der Waals surface area contributed by atoms with Gasteiger partial charge in [0.15, 0.2) is 11.6 Å². The summed E-state index contributed by atoms with van der Waals surface area (Å²) >= 11 is 0. The van der Waals surface area contributed by atoms with Crippen molar-refractivity contribution in [2.45, 2.75) is 6.61 Å². The van der Waals surface area contributed by atoms with Crippen LogP contribution >= 0.6 is 0 Å². The largest absolute Gasteiger partial charge is 0.388 e. The lowest BCUT2D eigenvalue weighted by atomic mass is 10.1. The van der Waals surface area contributed by atoms with E-state index < -0.39 is 5.84 Å². The minimum absolute atomic E-state index is 0.192. The molecule has 0 amide bonds. The Labute approximate surface area is 120 Å². The zero-order valence-electron chi connectivity index (χ0n) is 10.9.